The van der Waals surface area contributed by atoms with Crippen LogP contribution in [-0.4, -0.2) is 5.11 Å². The standard InChI is InChI=1S/C9H6N2O/c1-11-9-3-7(5-10)2-8(4-9)6-12/h2-4,12H,6H2. The second kappa shape index (κ2) is 3.52. The van der Waals surface area contributed by atoms with Gasteiger partial charge in [-0.3, -0.25) is 0 Å². The van der Waals surface area contributed by atoms with Gasteiger partial charge < -0.3 is 5.11 Å². The molecular formula is C9H6N2O. The van der Waals surface area contributed by atoms with Crippen molar-refractivity contribution in [3.63, 3.8) is 0 Å². The van der Waals surface area contributed by atoms with Crippen LogP contribution in [0.15, 0.2) is 18.2 Å². The third-order valence-electron chi connectivity index (χ3n) is 1.42. The molecule has 0 heterocycles. The second-order valence-corrected chi connectivity index (χ2v) is 2.27. The average molecular weight is 158 g/mol. The van der Waals surface area contributed by atoms with E-state index in [4.69, 9.17) is 16.9 Å². The van der Waals surface area contributed by atoms with Gasteiger partial charge in [0, 0.05) is 5.56 Å². The Hall–Kier alpha value is -1.84. The van der Waals surface area contributed by atoms with Gasteiger partial charge in [0.05, 0.1) is 19.2 Å². The predicted molar refractivity (Wildman–Crippen MR) is 43.3 cm³/mol. The Morgan fingerprint density at radius 2 is 2.25 bits per heavy atom. The third kappa shape index (κ3) is 1.60. The van der Waals surface area contributed by atoms with E-state index in [1.807, 2.05) is 6.07 Å². The highest BCUT2D eigenvalue weighted by Crippen LogP contribution is 2.17. The summed E-state index contributed by atoms with van der Waals surface area (Å²) in [6.45, 7) is 6.58. The lowest BCUT2D eigenvalue weighted by atomic mass is 10.1. The van der Waals surface area contributed by atoms with Crippen molar-refractivity contribution in [2.24, 2.45) is 0 Å². The van der Waals surface area contributed by atoms with Gasteiger partial charge in [0.2, 0.25) is 0 Å². The number of nitrogens with zero attached hydrogens (tertiary/aromatic N) is 2. The molecule has 1 aromatic carbocycles. The average Bonchev–Trinajstić information content (AvgIpc) is 2.16. The largest absolute Gasteiger partial charge is 0.392 e. The molecule has 0 atom stereocenters. The summed E-state index contributed by atoms with van der Waals surface area (Å²) in [5.41, 5.74) is 1.39. The number of benzene rings is 1. The molecule has 0 aliphatic heterocycles. The van der Waals surface area contributed by atoms with Crippen molar-refractivity contribution in [2.75, 3.05) is 0 Å². The van der Waals surface area contributed by atoms with E-state index in [1.54, 1.807) is 12.1 Å². The molecule has 0 unspecified atom stereocenters. The van der Waals surface area contributed by atoms with Gasteiger partial charge in [-0.15, -0.1) is 0 Å². The van der Waals surface area contributed by atoms with Gasteiger partial charge in [-0.05, 0) is 17.7 Å². The molecule has 1 aromatic rings. The molecule has 0 saturated carbocycles. The van der Waals surface area contributed by atoms with Crippen LogP contribution in [0.25, 0.3) is 4.85 Å². The molecule has 0 fully saturated rings. The zero-order valence-corrected chi connectivity index (χ0v) is 6.28. The third-order valence-corrected chi connectivity index (χ3v) is 1.42. The van der Waals surface area contributed by atoms with Gasteiger partial charge in [-0.25, -0.2) is 4.85 Å². The van der Waals surface area contributed by atoms with Crippen molar-refractivity contribution in [3.8, 4) is 6.07 Å². The summed E-state index contributed by atoms with van der Waals surface area (Å²) in [5, 5.41) is 17.3. The van der Waals surface area contributed by atoms with E-state index in [0.717, 1.165) is 0 Å². The van der Waals surface area contributed by atoms with Crippen molar-refractivity contribution < 1.29 is 5.11 Å². The number of rotatable bonds is 1. The normalized spacial score (nSPS) is 8.58. The smallest absolute Gasteiger partial charge is 0.188 e. The Kier molecular flexibility index (Phi) is 2.42. The van der Waals surface area contributed by atoms with Crippen molar-refractivity contribution in [1.29, 1.82) is 5.26 Å². The summed E-state index contributed by atoms with van der Waals surface area (Å²) in [6.07, 6.45) is 0. The molecule has 0 amide bonds. The molecule has 0 saturated heterocycles. The highest BCUT2D eigenvalue weighted by Gasteiger charge is 1.98. The maximum atomic E-state index is 8.77. The quantitative estimate of drug-likeness (QED) is 0.631. The first-order chi connectivity index (χ1) is 5.80. The monoisotopic (exact) mass is 158 g/mol. The molecule has 0 bridgehead atoms. The molecule has 3 nitrogen and oxygen atoms in total. The molecule has 1 N–H and O–H groups in total. The van der Waals surface area contributed by atoms with Gasteiger partial charge in [0.25, 0.3) is 0 Å². The Bertz CT molecular complexity index is 339. The van der Waals surface area contributed by atoms with E-state index in [-0.39, 0.29) is 6.61 Å². The first-order valence-electron chi connectivity index (χ1n) is 3.32. The van der Waals surface area contributed by atoms with E-state index in [2.05, 4.69) is 4.85 Å². The van der Waals surface area contributed by atoms with Gasteiger partial charge in [-0.1, -0.05) is 6.07 Å². The minimum Gasteiger partial charge on any atom is -0.392 e. The zero-order chi connectivity index (χ0) is 8.97. The molecule has 0 aliphatic carbocycles. The van der Waals surface area contributed by atoms with Crippen LogP contribution in [0.2, 0.25) is 0 Å². The fourth-order valence-corrected chi connectivity index (χ4v) is 0.894. The molecule has 3 heteroatoms. The maximum absolute atomic E-state index is 8.77. The molecule has 0 aromatic heterocycles. The fourth-order valence-electron chi connectivity index (χ4n) is 0.894. The number of hydrogen-bond donors (Lipinski definition) is 1. The summed E-state index contributed by atoms with van der Waals surface area (Å²) in [7, 11) is 0. The van der Waals surface area contributed by atoms with Crippen LogP contribution in [0.1, 0.15) is 11.1 Å². The highest BCUT2D eigenvalue weighted by molar-refractivity contribution is 5.52. The summed E-state index contributed by atoms with van der Waals surface area (Å²) < 4.78 is 0. The lowest BCUT2D eigenvalue weighted by Gasteiger charge is -1.97. The summed E-state index contributed by atoms with van der Waals surface area (Å²) in [4.78, 5) is 3.18. The van der Waals surface area contributed by atoms with Crippen LogP contribution in [0.5, 0.6) is 0 Å². The Labute approximate surface area is 70.3 Å². The van der Waals surface area contributed by atoms with Crippen LogP contribution < -0.4 is 0 Å². The van der Waals surface area contributed by atoms with Crippen LogP contribution in [0, 0.1) is 17.9 Å². The molecule has 1 rings (SSSR count). The van der Waals surface area contributed by atoms with Crippen LogP contribution in [-0.2, 0) is 6.61 Å². The number of hydrogen-bond acceptors (Lipinski definition) is 2. The van der Waals surface area contributed by atoms with Crippen molar-refractivity contribution in [3.05, 3.63) is 40.7 Å². The van der Waals surface area contributed by atoms with Gasteiger partial charge >= 0.3 is 0 Å². The lowest BCUT2D eigenvalue weighted by molar-refractivity contribution is 0.282. The SMILES string of the molecule is [C-]#[N+]c1cc(C#N)cc(CO)c1. The minimum absolute atomic E-state index is 0.141. The Morgan fingerprint density at radius 1 is 1.50 bits per heavy atom. The van der Waals surface area contributed by atoms with E-state index in [9.17, 15) is 0 Å². The van der Waals surface area contributed by atoms with E-state index in [0.29, 0.717) is 16.8 Å². The van der Waals surface area contributed by atoms with Gasteiger partial charge in [-0.2, -0.15) is 5.26 Å². The first kappa shape index (κ1) is 8.26. The van der Waals surface area contributed by atoms with E-state index >= 15 is 0 Å². The molecule has 0 aliphatic rings. The second-order valence-electron chi connectivity index (χ2n) is 2.27. The number of aliphatic hydroxyl groups is 1. The van der Waals surface area contributed by atoms with Crippen molar-refractivity contribution >= 4 is 5.69 Å². The Morgan fingerprint density at radius 3 is 2.75 bits per heavy atom. The van der Waals surface area contributed by atoms with Crippen molar-refractivity contribution in [1.82, 2.24) is 0 Å². The minimum atomic E-state index is -0.141. The number of nitriles is 1. The van der Waals surface area contributed by atoms with Gasteiger partial charge in [0.1, 0.15) is 0 Å². The van der Waals surface area contributed by atoms with Crippen LogP contribution in [0.4, 0.5) is 5.69 Å². The molecular weight excluding hydrogens is 152 g/mol. The zero-order valence-electron chi connectivity index (χ0n) is 6.28. The first-order valence-corrected chi connectivity index (χ1v) is 3.32. The number of aliphatic hydroxyl groups excluding tert-OH is 1. The topological polar surface area (TPSA) is 48.4 Å². The summed E-state index contributed by atoms with van der Waals surface area (Å²) >= 11 is 0. The molecule has 12 heavy (non-hydrogen) atoms. The van der Waals surface area contributed by atoms with E-state index in [1.165, 1.54) is 6.07 Å². The van der Waals surface area contributed by atoms with Crippen LogP contribution in [0.3, 0.4) is 0 Å². The van der Waals surface area contributed by atoms with Crippen LogP contribution >= 0.6 is 0 Å². The predicted octanol–water partition coefficient (Wildman–Crippen LogP) is 1.60. The lowest BCUT2D eigenvalue weighted by Crippen LogP contribution is -1.83. The Balaban J connectivity index is 3.24. The summed E-state index contributed by atoms with van der Waals surface area (Å²) in [6, 6.07) is 6.54. The maximum Gasteiger partial charge on any atom is 0.188 e. The molecule has 58 valence electrons. The van der Waals surface area contributed by atoms with E-state index < -0.39 is 0 Å². The molecule has 0 spiro atoms. The van der Waals surface area contributed by atoms with Crippen molar-refractivity contribution in [2.45, 2.75) is 6.61 Å². The van der Waals surface area contributed by atoms with Gasteiger partial charge in [0.15, 0.2) is 5.69 Å². The fraction of sp³-hybridized carbons (Fsp3) is 0.111. The highest BCUT2D eigenvalue weighted by atomic mass is 16.3. The summed E-state index contributed by atoms with van der Waals surface area (Å²) in [5.74, 6) is 0. The molecule has 0 radical (unpaired) electrons.